The molecule has 0 aliphatic rings. The van der Waals surface area contributed by atoms with Gasteiger partial charge in [0.25, 0.3) is 0 Å². The molecular weight excluding hydrogens is 125 g/mol. The lowest BCUT2D eigenvalue weighted by molar-refractivity contribution is 1.03. The van der Waals surface area contributed by atoms with Gasteiger partial charge < -0.3 is 0 Å². The van der Waals surface area contributed by atoms with Crippen LogP contribution in [-0.2, 0) is 0 Å². The zero-order valence-electron chi connectivity index (χ0n) is 2.90. The van der Waals surface area contributed by atoms with E-state index in [2.05, 4.69) is 5.18 Å². The lowest BCUT2D eigenvalue weighted by atomic mass is 10.8. The molecule has 0 aliphatic heterocycles. The van der Waals surface area contributed by atoms with E-state index in [1.807, 2.05) is 0 Å². The van der Waals surface area contributed by atoms with Gasteiger partial charge in [0.2, 0.25) is 0 Å². The number of rotatable bonds is 2. The second kappa shape index (κ2) is 3.37. The molecule has 1 unspecified atom stereocenters. The van der Waals surface area contributed by atoms with Gasteiger partial charge in [-0.2, -0.15) is 0 Å². The maximum atomic E-state index is 9.27. The van der Waals surface area contributed by atoms with Gasteiger partial charge in [-0.3, -0.25) is 0 Å². The Labute approximate surface area is 45.4 Å². The molecule has 0 bridgehead atoms. The normalized spacial score (nSPS) is 13.7. The highest BCUT2D eigenvalue weighted by Gasteiger charge is 1.95. The molecule has 0 aromatic carbocycles. The van der Waals surface area contributed by atoms with Crippen molar-refractivity contribution in [1.82, 2.24) is 0 Å². The molecule has 0 saturated heterocycles. The summed E-state index contributed by atoms with van der Waals surface area (Å²) in [5.41, 5.74) is -0.758. The smallest absolute Gasteiger partial charge is 0.149 e. The summed E-state index contributed by atoms with van der Waals surface area (Å²) >= 11 is 10.1. The van der Waals surface area contributed by atoms with Crippen LogP contribution in [0.3, 0.4) is 0 Å². The standard InChI is InChI=1S/C2H3Cl2NO/c3-1-2(4)5-6/h2H,1H2. The predicted octanol–water partition coefficient (Wildman–Crippen LogP) is 1.56. The van der Waals surface area contributed by atoms with Crippen molar-refractivity contribution in [2.75, 3.05) is 5.88 Å². The number of nitroso groups, excluding NO2 is 1. The van der Waals surface area contributed by atoms with Gasteiger partial charge in [0, 0.05) is 0 Å². The minimum absolute atomic E-state index is 0.0883. The summed E-state index contributed by atoms with van der Waals surface area (Å²) in [6.07, 6.45) is 0. The second-order valence-electron chi connectivity index (χ2n) is 0.694. The van der Waals surface area contributed by atoms with Crippen LogP contribution in [0.1, 0.15) is 0 Å². The van der Waals surface area contributed by atoms with Crippen LogP contribution in [-0.4, -0.2) is 11.4 Å². The number of nitrogens with zero attached hydrogens (tertiary/aromatic N) is 1. The van der Waals surface area contributed by atoms with Crippen LogP contribution in [0.4, 0.5) is 0 Å². The lowest BCUT2D eigenvalue weighted by Crippen LogP contribution is -1.90. The molecule has 0 aromatic rings. The molecule has 36 valence electrons. The molecule has 1 atom stereocenters. The van der Waals surface area contributed by atoms with Gasteiger partial charge in [-0.05, 0) is 5.18 Å². The third-order valence-electron chi connectivity index (χ3n) is 0.242. The summed E-state index contributed by atoms with van der Waals surface area (Å²) in [7, 11) is 0. The topological polar surface area (TPSA) is 29.4 Å². The summed E-state index contributed by atoms with van der Waals surface area (Å²) in [5.74, 6) is 0.0883. The van der Waals surface area contributed by atoms with Crippen LogP contribution in [0, 0.1) is 4.91 Å². The van der Waals surface area contributed by atoms with Crippen molar-refractivity contribution in [2.24, 2.45) is 5.18 Å². The number of hydrogen-bond donors (Lipinski definition) is 0. The van der Waals surface area contributed by atoms with E-state index in [4.69, 9.17) is 23.2 Å². The Balaban J connectivity index is 2.96. The van der Waals surface area contributed by atoms with Crippen molar-refractivity contribution in [1.29, 1.82) is 0 Å². The fourth-order valence-electron chi connectivity index (χ4n) is 0.0282. The Kier molecular flexibility index (Phi) is 3.47. The van der Waals surface area contributed by atoms with Gasteiger partial charge >= 0.3 is 0 Å². The van der Waals surface area contributed by atoms with Crippen LogP contribution in [0.5, 0.6) is 0 Å². The maximum Gasteiger partial charge on any atom is 0.178 e. The Hall–Kier alpha value is 0.180. The van der Waals surface area contributed by atoms with E-state index in [0.29, 0.717) is 0 Å². The molecule has 0 amide bonds. The third-order valence-corrected chi connectivity index (χ3v) is 0.926. The fraction of sp³-hybridized carbons (Fsp3) is 1.00. The monoisotopic (exact) mass is 127 g/mol. The number of hydrogen-bond acceptors (Lipinski definition) is 2. The molecule has 0 spiro atoms. The third kappa shape index (κ3) is 2.42. The maximum absolute atomic E-state index is 9.27. The average molecular weight is 128 g/mol. The molecule has 6 heavy (non-hydrogen) atoms. The Bertz CT molecular complexity index is 48.8. The number of alkyl halides is 2. The zero-order chi connectivity index (χ0) is 4.99. The van der Waals surface area contributed by atoms with E-state index in [0.717, 1.165) is 0 Å². The van der Waals surface area contributed by atoms with Crippen LogP contribution >= 0.6 is 23.2 Å². The summed E-state index contributed by atoms with van der Waals surface area (Å²) in [6, 6.07) is 0. The van der Waals surface area contributed by atoms with E-state index >= 15 is 0 Å². The van der Waals surface area contributed by atoms with Gasteiger partial charge in [0.1, 0.15) is 0 Å². The van der Waals surface area contributed by atoms with Gasteiger partial charge in [-0.1, -0.05) is 11.6 Å². The lowest BCUT2D eigenvalue weighted by Gasteiger charge is -1.83. The van der Waals surface area contributed by atoms with Crippen LogP contribution < -0.4 is 0 Å². The fourth-order valence-corrected chi connectivity index (χ4v) is 0.0845. The average Bonchev–Trinajstić information content (AvgIpc) is 1.65. The molecule has 0 fully saturated rings. The van der Waals surface area contributed by atoms with E-state index in [1.54, 1.807) is 0 Å². The van der Waals surface area contributed by atoms with Crippen molar-refractivity contribution < 1.29 is 0 Å². The van der Waals surface area contributed by atoms with Crippen molar-refractivity contribution in [2.45, 2.75) is 5.50 Å². The summed E-state index contributed by atoms with van der Waals surface area (Å²) in [4.78, 5) is 9.27. The van der Waals surface area contributed by atoms with Gasteiger partial charge in [-0.15, -0.1) is 16.5 Å². The highest BCUT2D eigenvalue weighted by molar-refractivity contribution is 6.27. The van der Waals surface area contributed by atoms with Crippen molar-refractivity contribution in [3.8, 4) is 0 Å². The highest BCUT2D eigenvalue weighted by Crippen LogP contribution is 1.97. The largest absolute Gasteiger partial charge is 0.178 e. The molecule has 4 heteroatoms. The van der Waals surface area contributed by atoms with Crippen LogP contribution in [0.2, 0.25) is 0 Å². The van der Waals surface area contributed by atoms with Crippen molar-refractivity contribution in [3.63, 3.8) is 0 Å². The first kappa shape index (κ1) is 6.18. The molecular formula is C2H3Cl2NO. The Morgan fingerprint density at radius 3 is 2.33 bits per heavy atom. The van der Waals surface area contributed by atoms with E-state index in [9.17, 15) is 4.91 Å². The first-order chi connectivity index (χ1) is 2.81. The quantitative estimate of drug-likeness (QED) is 0.315. The first-order valence-corrected chi connectivity index (χ1v) is 2.31. The molecule has 0 radical (unpaired) electrons. The SMILES string of the molecule is O=NC(Cl)CCl. The summed E-state index contributed by atoms with van der Waals surface area (Å²) < 4.78 is 0. The zero-order valence-corrected chi connectivity index (χ0v) is 4.41. The molecule has 0 saturated carbocycles. The van der Waals surface area contributed by atoms with E-state index < -0.39 is 5.50 Å². The van der Waals surface area contributed by atoms with Gasteiger partial charge in [0.15, 0.2) is 5.50 Å². The van der Waals surface area contributed by atoms with E-state index in [-0.39, 0.29) is 5.88 Å². The minimum Gasteiger partial charge on any atom is -0.149 e. The number of halogens is 2. The van der Waals surface area contributed by atoms with Crippen molar-refractivity contribution >= 4 is 23.2 Å². The molecule has 0 rings (SSSR count). The molecule has 0 aromatic heterocycles. The molecule has 0 aliphatic carbocycles. The van der Waals surface area contributed by atoms with Gasteiger partial charge in [-0.25, -0.2) is 0 Å². The Morgan fingerprint density at radius 1 is 1.83 bits per heavy atom. The Morgan fingerprint density at radius 2 is 2.33 bits per heavy atom. The van der Waals surface area contributed by atoms with Crippen LogP contribution in [0.25, 0.3) is 0 Å². The van der Waals surface area contributed by atoms with Crippen LogP contribution in [0.15, 0.2) is 5.18 Å². The molecule has 0 N–H and O–H groups in total. The summed E-state index contributed by atoms with van der Waals surface area (Å²) in [6.45, 7) is 0. The molecule has 2 nitrogen and oxygen atoms in total. The first-order valence-electron chi connectivity index (χ1n) is 1.33. The van der Waals surface area contributed by atoms with Gasteiger partial charge in [0.05, 0.1) is 5.88 Å². The highest BCUT2D eigenvalue weighted by atomic mass is 35.5. The predicted molar refractivity (Wildman–Crippen MR) is 26.2 cm³/mol. The second-order valence-corrected chi connectivity index (χ2v) is 1.51. The summed E-state index contributed by atoms with van der Waals surface area (Å²) in [5, 5.41) is 2.39. The minimum atomic E-state index is -0.758. The molecule has 0 heterocycles. The van der Waals surface area contributed by atoms with Crippen molar-refractivity contribution in [3.05, 3.63) is 4.91 Å². The van der Waals surface area contributed by atoms with E-state index in [1.165, 1.54) is 0 Å².